The summed E-state index contributed by atoms with van der Waals surface area (Å²) < 4.78 is 54.4. The first-order chi connectivity index (χ1) is 12.3. The van der Waals surface area contributed by atoms with Crippen molar-refractivity contribution in [3.8, 4) is 12.3 Å². The zero-order valence-corrected chi connectivity index (χ0v) is 13.9. The third-order valence-corrected chi connectivity index (χ3v) is 4.58. The first-order valence-corrected chi connectivity index (χ1v) is 8.10. The van der Waals surface area contributed by atoms with Gasteiger partial charge in [-0.3, -0.25) is 4.79 Å². The van der Waals surface area contributed by atoms with E-state index in [2.05, 4.69) is 10.9 Å². The van der Waals surface area contributed by atoms with Crippen molar-refractivity contribution in [2.45, 2.75) is 12.7 Å². The molecule has 132 valence electrons. The van der Waals surface area contributed by atoms with Crippen molar-refractivity contribution in [2.75, 3.05) is 0 Å². The van der Waals surface area contributed by atoms with E-state index in [9.17, 15) is 22.4 Å². The lowest BCUT2D eigenvalue weighted by Gasteiger charge is -2.06. The maximum atomic E-state index is 14.1. The summed E-state index contributed by atoms with van der Waals surface area (Å²) in [4.78, 5) is 16.3. The highest BCUT2D eigenvalue weighted by molar-refractivity contribution is 7.16. The van der Waals surface area contributed by atoms with Gasteiger partial charge >= 0.3 is 6.18 Å². The second-order valence-electron chi connectivity index (χ2n) is 5.26. The Labute approximate surface area is 149 Å². The molecular formula is C18H10F4N2OS. The molecule has 3 nitrogen and oxygen atoms in total. The third kappa shape index (κ3) is 3.39. The Hall–Kier alpha value is -2.92. The molecule has 0 saturated heterocycles. The summed E-state index contributed by atoms with van der Waals surface area (Å²) in [5.41, 5.74) is -0.964. The number of amides is 1. The van der Waals surface area contributed by atoms with E-state index in [-0.39, 0.29) is 22.4 Å². The van der Waals surface area contributed by atoms with E-state index in [1.807, 2.05) is 0 Å². The summed E-state index contributed by atoms with van der Waals surface area (Å²) in [6, 6.07) is 8.36. The van der Waals surface area contributed by atoms with Crippen LogP contribution in [0.15, 0.2) is 47.5 Å². The highest BCUT2D eigenvalue weighted by Gasteiger charge is 2.30. The number of para-hydroxylation sites is 1. The molecule has 0 spiro atoms. The average Bonchev–Trinajstić information content (AvgIpc) is 2.93. The van der Waals surface area contributed by atoms with Gasteiger partial charge in [-0.1, -0.05) is 29.4 Å². The van der Waals surface area contributed by atoms with Crippen molar-refractivity contribution in [2.24, 2.45) is 4.99 Å². The van der Waals surface area contributed by atoms with Gasteiger partial charge in [-0.05, 0) is 30.3 Å². The lowest BCUT2D eigenvalue weighted by atomic mass is 10.1. The minimum atomic E-state index is -4.57. The SMILES string of the molecule is C#CCn1c(=NC(=O)c2cccc(C(F)(F)F)c2)sc2cccc(F)c21. The highest BCUT2D eigenvalue weighted by atomic mass is 32.1. The van der Waals surface area contributed by atoms with Gasteiger partial charge in [-0.2, -0.15) is 18.2 Å². The van der Waals surface area contributed by atoms with Crippen molar-refractivity contribution in [3.05, 3.63) is 64.2 Å². The van der Waals surface area contributed by atoms with Gasteiger partial charge in [-0.15, -0.1) is 6.42 Å². The molecule has 2 aromatic carbocycles. The number of rotatable bonds is 2. The van der Waals surface area contributed by atoms with Crippen LogP contribution in [0.25, 0.3) is 10.2 Å². The van der Waals surface area contributed by atoms with Gasteiger partial charge in [-0.25, -0.2) is 4.39 Å². The van der Waals surface area contributed by atoms with Crippen LogP contribution in [0, 0.1) is 18.2 Å². The first-order valence-electron chi connectivity index (χ1n) is 7.29. The van der Waals surface area contributed by atoms with E-state index in [1.165, 1.54) is 22.8 Å². The van der Waals surface area contributed by atoms with Gasteiger partial charge in [0.15, 0.2) is 4.80 Å². The van der Waals surface area contributed by atoms with Crippen LogP contribution in [-0.2, 0) is 12.7 Å². The molecule has 0 saturated carbocycles. The van der Waals surface area contributed by atoms with Crippen LogP contribution in [0.4, 0.5) is 17.6 Å². The lowest BCUT2D eigenvalue weighted by Crippen LogP contribution is -2.17. The van der Waals surface area contributed by atoms with Gasteiger partial charge in [0.05, 0.1) is 22.3 Å². The molecule has 26 heavy (non-hydrogen) atoms. The number of halogens is 4. The van der Waals surface area contributed by atoms with E-state index >= 15 is 0 Å². The van der Waals surface area contributed by atoms with Crippen LogP contribution in [0.5, 0.6) is 0 Å². The Balaban J connectivity index is 2.14. The van der Waals surface area contributed by atoms with Gasteiger partial charge in [0.2, 0.25) is 0 Å². The Morgan fingerprint density at radius 1 is 1.23 bits per heavy atom. The fourth-order valence-corrected chi connectivity index (χ4v) is 3.43. The van der Waals surface area contributed by atoms with E-state index in [0.29, 0.717) is 4.70 Å². The van der Waals surface area contributed by atoms with Gasteiger partial charge in [0.1, 0.15) is 5.82 Å². The summed E-state index contributed by atoms with van der Waals surface area (Å²) >= 11 is 1.03. The number of aromatic nitrogens is 1. The van der Waals surface area contributed by atoms with Crippen LogP contribution in [0.1, 0.15) is 15.9 Å². The Kier molecular flexibility index (Phi) is 4.66. The molecule has 0 fully saturated rings. The number of carbonyl (C=O) groups excluding carboxylic acids is 1. The minimum Gasteiger partial charge on any atom is -0.302 e. The maximum Gasteiger partial charge on any atom is 0.416 e. The van der Waals surface area contributed by atoms with Crippen LogP contribution in [-0.4, -0.2) is 10.5 Å². The average molecular weight is 378 g/mol. The number of benzene rings is 2. The monoisotopic (exact) mass is 378 g/mol. The number of thiazole rings is 1. The molecule has 0 aliphatic rings. The molecule has 8 heteroatoms. The molecule has 0 radical (unpaired) electrons. The summed E-state index contributed by atoms with van der Waals surface area (Å²) in [5, 5.41) is 0. The molecule has 1 heterocycles. The fourth-order valence-electron chi connectivity index (χ4n) is 2.39. The zero-order chi connectivity index (χ0) is 18.9. The molecule has 1 amide bonds. The fraction of sp³-hybridized carbons (Fsp3) is 0.111. The van der Waals surface area contributed by atoms with E-state index < -0.39 is 23.5 Å². The van der Waals surface area contributed by atoms with Crippen molar-refractivity contribution < 1.29 is 22.4 Å². The van der Waals surface area contributed by atoms with E-state index in [4.69, 9.17) is 6.42 Å². The molecule has 3 rings (SSSR count). The minimum absolute atomic E-state index is 0.0321. The normalized spacial score (nSPS) is 12.3. The second-order valence-corrected chi connectivity index (χ2v) is 6.27. The predicted molar refractivity (Wildman–Crippen MR) is 89.9 cm³/mol. The Morgan fingerprint density at radius 3 is 2.65 bits per heavy atom. The van der Waals surface area contributed by atoms with Gasteiger partial charge in [0.25, 0.3) is 5.91 Å². The lowest BCUT2D eigenvalue weighted by molar-refractivity contribution is -0.137. The zero-order valence-electron chi connectivity index (χ0n) is 13.0. The Bertz CT molecular complexity index is 1100. The molecule has 1 aromatic heterocycles. The first kappa shape index (κ1) is 17.9. The van der Waals surface area contributed by atoms with Crippen molar-refractivity contribution in [1.82, 2.24) is 4.57 Å². The topological polar surface area (TPSA) is 34.4 Å². The van der Waals surface area contributed by atoms with Crippen LogP contribution in [0.3, 0.4) is 0 Å². The van der Waals surface area contributed by atoms with Crippen LogP contribution >= 0.6 is 11.3 Å². The number of alkyl halides is 3. The van der Waals surface area contributed by atoms with Crippen LogP contribution in [0.2, 0.25) is 0 Å². The molecule has 0 aliphatic carbocycles. The molecule has 0 unspecified atom stereocenters. The molecule has 3 aromatic rings. The largest absolute Gasteiger partial charge is 0.416 e. The highest BCUT2D eigenvalue weighted by Crippen LogP contribution is 2.29. The number of fused-ring (bicyclic) bond motifs is 1. The van der Waals surface area contributed by atoms with Crippen molar-refractivity contribution in [1.29, 1.82) is 0 Å². The van der Waals surface area contributed by atoms with Crippen LogP contribution < -0.4 is 4.80 Å². The number of hydrogen-bond donors (Lipinski definition) is 0. The van der Waals surface area contributed by atoms with E-state index in [1.54, 1.807) is 6.07 Å². The number of nitrogens with zero attached hydrogens (tertiary/aromatic N) is 2. The standard InChI is InChI=1S/C18H10F4N2OS/c1-2-9-24-15-13(19)7-4-8-14(15)26-17(24)23-16(25)11-5-3-6-12(10-11)18(20,21)22/h1,3-8,10H,9H2. The number of carbonyl (C=O) groups is 1. The molecular weight excluding hydrogens is 368 g/mol. The molecule has 0 atom stereocenters. The predicted octanol–water partition coefficient (Wildman–Crippen LogP) is 4.24. The third-order valence-electron chi connectivity index (χ3n) is 3.54. The second kappa shape index (κ2) is 6.77. The summed E-state index contributed by atoms with van der Waals surface area (Å²) in [6.45, 7) is -0.0321. The van der Waals surface area contributed by atoms with Gasteiger partial charge in [0, 0.05) is 5.56 Å². The summed E-state index contributed by atoms with van der Waals surface area (Å²) in [5.74, 6) is 0.962. The van der Waals surface area contributed by atoms with Crippen molar-refractivity contribution >= 4 is 27.5 Å². The summed E-state index contributed by atoms with van der Waals surface area (Å²) in [7, 11) is 0. The number of hydrogen-bond acceptors (Lipinski definition) is 2. The molecule has 0 N–H and O–H groups in total. The molecule has 0 bridgehead atoms. The summed E-state index contributed by atoms with van der Waals surface area (Å²) in [6.07, 6.45) is 0.730. The van der Waals surface area contributed by atoms with Gasteiger partial charge < -0.3 is 4.57 Å². The maximum absolute atomic E-state index is 14.1. The quantitative estimate of drug-likeness (QED) is 0.485. The Morgan fingerprint density at radius 2 is 1.96 bits per heavy atom. The molecule has 0 aliphatic heterocycles. The van der Waals surface area contributed by atoms with Crippen molar-refractivity contribution in [3.63, 3.8) is 0 Å². The smallest absolute Gasteiger partial charge is 0.302 e. The number of terminal acetylenes is 1. The van der Waals surface area contributed by atoms with E-state index in [0.717, 1.165) is 29.5 Å².